The average molecular weight is 254 g/mol. The Morgan fingerprint density at radius 1 is 1.50 bits per heavy atom. The Bertz CT molecular complexity index is 500. The predicted octanol–water partition coefficient (Wildman–Crippen LogP) is 0.987. The number of nitrogens with one attached hydrogen (secondary N) is 1. The molecule has 18 heavy (non-hydrogen) atoms. The maximum atomic E-state index is 13.1. The van der Waals surface area contributed by atoms with Crippen LogP contribution < -0.4 is 5.32 Å². The number of nitro benzene ring substituents is 1. The van der Waals surface area contributed by atoms with Gasteiger partial charge in [-0.3, -0.25) is 14.9 Å². The van der Waals surface area contributed by atoms with Gasteiger partial charge in [-0.25, -0.2) is 0 Å². The number of rotatable bonds is 3. The van der Waals surface area contributed by atoms with Crippen molar-refractivity contribution >= 4 is 11.6 Å². The molecule has 1 aromatic rings. The number of carbonyl (C=O) groups is 1. The van der Waals surface area contributed by atoms with Crippen molar-refractivity contribution in [2.75, 3.05) is 0 Å². The number of hydrogen-bond acceptors (Lipinski definition) is 4. The molecule has 0 heterocycles. The third-order valence-corrected chi connectivity index (χ3v) is 2.85. The lowest BCUT2D eigenvalue weighted by Gasteiger charge is -2.31. The van der Waals surface area contributed by atoms with Gasteiger partial charge in [0.15, 0.2) is 0 Å². The van der Waals surface area contributed by atoms with Crippen LogP contribution in [0.1, 0.15) is 23.2 Å². The first-order valence-electron chi connectivity index (χ1n) is 5.40. The second-order valence-electron chi connectivity index (χ2n) is 4.22. The summed E-state index contributed by atoms with van der Waals surface area (Å²) in [5, 5.41) is 22.2. The lowest BCUT2D eigenvalue weighted by Crippen LogP contribution is -2.46. The third kappa shape index (κ3) is 2.45. The van der Waals surface area contributed by atoms with Crippen LogP contribution in [0.15, 0.2) is 18.2 Å². The minimum Gasteiger partial charge on any atom is -0.393 e. The van der Waals surface area contributed by atoms with Crippen molar-refractivity contribution < 1.29 is 19.2 Å². The molecule has 96 valence electrons. The molecule has 0 saturated heterocycles. The highest BCUT2D eigenvalue weighted by molar-refractivity contribution is 5.95. The number of benzene rings is 1. The first-order chi connectivity index (χ1) is 8.47. The largest absolute Gasteiger partial charge is 0.393 e. The van der Waals surface area contributed by atoms with Gasteiger partial charge in [-0.2, -0.15) is 4.39 Å². The zero-order valence-corrected chi connectivity index (χ0v) is 9.30. The monoisotopic (exact) mass is 254 g/mol. The van der Waals surface area contributed by atoms with Crippen LogP contribution in [0, 0.1) is 15.9 Å². The molecule has 7 heteroatoms. The quantitative estimate of drug-likeness (QED) is 0.621. The molecular formula is C11H11FN2O4. The molecule has 1 aromatic carbocycles. The summed E-state index contributed by atoms with van der Waals surface area (Å²) < 4.78 is 13.1. The van der Waals surface area contributed by atoms with Crippen LogP contribution in [0.4, 0.5) is 10.1 Å². The highest BCUT2D eigenvalue weighted by atomic mass is 19.1. The maximum absolute atomic E-state index is 13.1. The Labute approximate surface area is 102 Å². The van der Waals surface area contributed by atoms with Crippen molar-refractivity contribution in [1.29, 1.82) is 0 Å². The minimum absolute atomic E-state index is 0.0319. The van der Waals surface area contributed by atoms with Gasteiger partial charge in [0.2, 0.25) is 5.82 Å². The zero-order chi connectivity index (χ0) is 13.3. The van der Waals surface area contributed by atoms with Crippen molar-refractivity contribution in [3.05, 3.63) is 39.7 Å². The summed E-state index contributed by atoms with van der Waals surface area (Å²) in [5.74, 6) is -1.48. The molecular weight excluding hydrogens is 243 g/mol. The van der Waals surface area contributed by atoms with E-state index in [0.29, 0.717) is 12.8 Å². The highest BCUT2D eigenvalue weighted by Crippen LogP contribution is 2.21. The standard InChI is InChI=1S/C11H11FN2O4/c12-9-2-1-6(3-10(9)14(17)18)11(16)13-7-4-8(15)5-7/h1-3,7-8,15H,4-5H2,(H,13,16). The fourth-order valence-electron chi connectivity index (χ4n) is 1.77. The Kier molecular flexibility index (Phi) is 3.24. The van der Waals surface area contributed by atoms with Crippen LogP contribution in [-0.4, -0.2) is 28.1 Å². The van der Waals surface area contributed by atoms with Gasteiger partial charge < -0.3 is 10.4 Å². The van der Waals surface area contributed by atoms with Gasteiger partial charge in [0.1, 0.15) is 0 Å². The maximum Gasteiger partial charge on any atom is 0.305 e. The number of nitrogens with zero attached hydrogens (tertiary/aromatic N) is 1. The molecule has 0 radical (unpaired) electrons. The molecule has 0 spiro atoms. The van der Waals surface area contributed by atoms with Crippen molar-refractivity contribution in [2.45, 2.75) is 25.0 Å². The fourth-order valence-corrected chi connectivity index (χ4v) is 1.77. The summed E-state index contributed by atoms with van der Waals surface area (Å²) in [5.41, 5.74) is -0.694. The Morgan fingerprint density at radius 2 is 2.17 bits per heavy atom. The van der Waals surface area contributed by atoms with Crippen molar-refractivity contribution in [3.63, 3.8) is 0 Å². The first kappa shape index (κ1) is 12.4. The summed E-state index contributed by atoms with van der Waals surface area (Å²) in [6.07, 6.45) is 0.530. The van der Waals surface area contributed by atoms with E-state index in [0.717, 1.165) is 12.1 Å². The second-order valence-corrected chi connectivity index (χ2v) is 4.22. The molecule has 1 saturated carbocycles. The van der Waals surface area contributed by atoms with Crippen LogP contribution in [0.25, 0.3) is 0 Å². The first-order valence-corrected chi connectivity index (χ1v) is 5.40. The van der Waals surface area contributed by atoms with E-state index in [2.05, 4.69) is 5.32 Å². The fraction of sp³-hybridized carbons (Fsp3) is 0.364. The summed E-state index contributed by atoms with van der Waals surface area (Å²) in [6.45, 7) is 0. The topological polar surface area (TPSA) is 92.5 Å². The van der Waals surface area contributed by atoms with E-state index in [9.17, 15) is 19.3 Å². The Hall–Kier alpha value is -2.02. The summed E-state index contributed by atoms with van der Waals surface area (Å²) in [7, 11) is 0. The van der Waals surface area contributed by atoms with E-state index in [1.165, 1.54) is 6.07 Å². The summed E-state index contributed by atoms with van der Waals surface area (Å²) >= 11 is 0. The van der Waals surface area contributed by atoms with E-state index in [1.807, 2.05) is 0 Å². The SMILES string of the molecule is O=C(NC1CC(O)C1)c1ccc(F)c([N+](=O)[O-])c1. The van der Waals surface area contributed by atoms with Crippen LogP contribution >= 0.6 is 0 Å². The molecule has 0 aliphatic heterocycles. The van der Waals surface area contributed by atoms with Crippen LogP contribution in [0.2, 0.25) is 0 Å². The van der Waals surface area contributed by atoms with Gasteiger partial charge >= 0.3 is 5.69 Å². The van der Waals surface area contributed by atoms with E-state index >= 15 is 0 Å². The number of amides is 1. The van der Waals surface area contributed by atoms with E-state index < -0.39 is 28.4 Å². The van der Waals surface area contributed by atoms with Crippen molar-refractivity contribution in [2.24, 2.45) is 0 Å². The summed E-state index contributed by atoms with van der Waals surface area (Å²) in [4.78, 5) is 21.4. The number of halogens is 1. The molecule has 0 unspecified atom stereocenters. The number of nitro groups is 1. The Morgan fingerprint density at radius 3 is 2.72 bits per heavy atom. The van der Waals surface area contributed by atoms with Crippen molar-refractivity contribution in [3.8, 4) is 0 Å². The van der Waals surface area contributed by atoms with E-state index in [4.69, 9.17) is 5.11 Å². The van der Waals surface area contributed by atoms with Crippen molar-refractivity contribution in [1.82, 2.24) is 5.32 Å². The molecule has 0 bridgehead atoms. The minimum atomic E-state index is -0.976. The molecule has 0 atom stereocenters. The molecule has 1 aliphatic rings. The third-order valence-electron chi connectivity index (χ3n) is 2.85. The zero-order valence-electron chi connectivity index (χ0n) is 9.30. The molecule has 0 aromatic heterocycles. The van der Waals surface area contributed by atoms with Crippen LogP contribution in [0.5, 0.6) is 0 Å². The number of hydrogen-bond donors (Lipinski definition) is 2. The van der Waals surface area contributed by atoms with Gasteiger partial charge in [0.05, 0.1) is 11.0 Å². The van der Waals surface area contributed by atoms with Gasteiger partial charge in [-0.05, 0) is 25.0 Å². The van der Waals surface area contributed by atoms with Crippen LogP contribution in [0.3, 0.4) is 0 Å². The average Bonchev–Trinajstić information content (AvgIpc) is 2.27. The summed E-state index contributed by atoms with van der Waals surface area (Å²) in [6, 6.07) is 2.85. The van der Waals surface area contributed by atoms with E-state index in [1.54, 1.807) is 0 Å². The second kappa shape index (κ2) is 4.69. The highest BCUT2D eigenvalue weighted by Gasteiger charge is 2.29. The molecule has 1 aliphatic carbocycles. The molecule has 1 amide bonds. The molecule has 2 N–H and O–H groups in total. The smallest absolute Gasteiger partial charge is 0.305 e. The van der Waals surface area contributed by atoms with Gasteiger partial charge in [-0.15, -0.1) is 0 Å². The lowest BCUT2D eigenvalue weighted by molar-refractivity contribution is -0.387. The van der Waals surface area contributed by atoms with Crippen LogP contribution in [-0.2, 0) is 0 Å². The van der Waals surface area contributed by atoms with E-state index in [-0.39, 0.29) is 11.6 Å². The number of carbonyl (C=O) groups excluding carboxylic acids is 1. The van der Waals surface area contributed by atoms with Gasteiger partial charge in [0, 0.05) is 17.7 Å². The van der Waals surface area contributed by atoms with Gasteiger partial charge in [-0.1, -0.05) is 0 Å². The number of aliphatic hydroxyl groups excluding tert-OH is 1. The molecule has 2 rings (SSSR count). The molecule has 1 fully saturated rings. The number of aliphatic hydroxyl groups is 1. The molecule has 6 nitrogen and oxygen atoms in total. The lowest BCUT2D eigenvalue weighted by atomic mass is 9.89. The van der Waals surface area contributed by atoms with Gasteiger partial charge in [0.25, 0.3) is 5.91 Å². The Balaban J connectivity index is 2.10. The predicted molar refractivity (Wildman–Crippen MR) is 59.5 cm³/mol. The normalized spacial score (nSPS) is 22.1.